The number of rotatable bonds is 8. The number of benzene rings is 1. The Morgan fingerprint density at radius 2 is 1.60 bits per heavy atom. The molecule has 6 rings (SSSR count). The Balaban J connectivity index is 1.45. The van der Waals surface area contributed by atoms with Crippen molar-refractivity contribution in [3.05, 3.63) is 45.2 Å². The molecular formula is C35H44F3N3O7. The van der Waals surface area contributed by atoms with Gasteiger partial charge in [-0.15, -0.1) is 0 Å². The van der Waals surface area contributed by atoms with Crippen molar-refractivity contribution in [2.24, 2.45) is 29.4 Å². The Kier molecular flexibility index (Phi) is 8.95. The highest BCUT2D eigenvalue weighted by molar-refractivity contribution is 6.24. The quantitative estimate of drug-likeness (QED) is 0.201. The summed E-state index contributed by atoms with van der Waals surface area (Å²) >= 11 is 0. The number of carbonyl (C=O) groups excluding carboxylic acids is 3. The molecule has 0 aromatic heterocycles. The molecule has 3 fully saturated rings. The standard InChI is InChI=1S/C35H44F3N3O7/c1-40(2)28-22-12-19-11-21-25(29(43)24(19)31(45)34(22,48)32(46)26(30(28)44)33(39)47)23(42)13-20(27(21)35(36,37)38)16-41(15-18-9-10-18)14-17-7-5-3-4-6-8-17/h13,17-19,22,28,42-43,46,48H,3-12,14-16H2,1-2H3,(H2,39,47)/t19-,22-,28-,34-/m0/s1. The van der Waals surface area contributed by atoms with Crippen LogP contribution in [0.25, 0.3) is 5.76 Å². The van der Waals surface area contributed by atoms with E-state index in [0.29, 0.717) is 24.9 Å². The van der Waals surface area contributed by atoms with Crippen LogP contribution in [0, 0.1) is 23.7 Å². The van der Waals surface area contributed by atoms with E-state index in [-0.39, 0.29) is 24.1 Å². The first-order chi connectivity index (χ1) is 22.5. The molecule has 1 amide bonds. The van der Waals surface area contributed by atoms with Crippen molar-refractivity contribution in [1.29, 1.82) is 0 Å². The molecule has 0 radical (unpaired) electrons. The third-order valence-electron chi connectivity index (χ3n) is 11.2. The fraction of sp³-hybridized carbons (Fsp3) is 0.629. The van der Waals surface area contributed by atoms with Gasteiger partial charge in [-0.3, -0.25) is 24.2 Å². The Hall–Kier alpha value is -3.42. The van der Waals surface area contributed by atoms with E-state index < -0.39 is 93.1 Å². The maximum Gasteiger partial charge on any atom is 0.417 e. The van der Waals surface area contributed by atoms with Gasteiger partial charge in [-0.25, -0.2) is 0 Å². The average molecular weight is 676 g/mol. The van der Waals surface area contributed by atoms with E-state index in [1.165, 1.54) is 19.0 Å². The van der Waals surface area contributed by atoms with Gasteiger partial charge in [0.1, 0.15) is 22.8 Å². The molecular weight excluding hydrogens is 631 g/mol. The van der Waals surface area contributed by atoms with Gasteiger partial charge >= 0.3 is 6.18 Å². The number of nitrogens with zero attached hydrogens (tertiary/aromatic N) is 2. The molecule has 5 aliphatic carbocycles. The number of Topliss-reactive ketones (excluding diaryl/α,β-unsaturated/α-hetero) is 2. The summed E-state index contributed by atoms with van der Waals surface area (Å²) in [4.78, 5) is 43.0. The number of phenols is 1. The van der Waals surface area contributed by atoms with E-state index in [2.05, 4.69) is 4.90 Å². The minimum absolute atomic E-state index is 0.0439. The van der Waals surface area contributed by atoms with E-state index >= 15 is 13.2 Å². The monoisotopic (exact) mass is 675 g/mol. The van der Waals surface area contributed by atoms with E-state index in [1.54, 1.807) is 0 Å². The minimum Gasteiger partial charge on any atom is -0.508 e. The van der Waals surface area contributed by atoms with Crippen LogP contribution in [0.5, 0.6) is 5.75 Å². The number of hydrogen-bond acceptors (Lipinski definition) is 9. The van der Waals surface area contributed by atoms with Gasteiger partial charge in [0.05, 0.1) is 17.2 Å². The zero-order valence-electron chi connectivity index (χ0n) is 27.3. The average Bonchev–Trinajstić information content (AvgIpc) is 3.82. The van der Waals surface area contributed by atoms with Crippen molar-refractivity contribution in [2.45, 2.75) is 88.6 Å². The number of amides is 1. The predicted molar refractivity (Wildman–Crippen MR) is 168 cm³/mol. The number of phenolic OH excluding ortho intramolecular Hbond substituents is 1. The van der Waals surface area contributed by atoms with Crippen LogP contribution in [-0.4, -0.2) is 86.5 Å². The first-order valence-corrected chi connectivity index (χ1v) is 16.9. The molecule has 3 saturated carbocycles. The zero-order chi connectivity index (χ0) is 34.9. The molecule has 0 heterocycles. The molecule has 5 aliphatic rings. The van der Waals surface area contributed by atoms with Crippen molar-refractivity contribution in [3.8, 4) is 5.75 Å². The summed E-state index contributed by atoms with van der Waals surface area (Å²) in [7, 11) is 2.92. The number of ketones is 2. The number of nitrogens with two attached hydrogens (primary N) is 1. The maximum atomic E-state index is 15.1. The molecule has 262 valence electrons. The second-order valence-corrected chi connectivity index (χ2v) is 14.7. The third-order valence-corrected chi connectivity index (χ3v) is 11.2. The fourth-order valence-corrected chi connectivity index (χ4v) is 8.88. The fourth-order valence-electron chi connectivity index (χ4n) is 8.88. The molecule has 10 nitrogen and oxygen atoms in total. The Labute approximate surface area is 277 Å². The van der Waals surface area contributed by atoms with Crippen LogP contribution in [0.1, 0.15) is 80.0 Å². The van der Waals surface area contributed by atoms with Crippen molar-refractivity contribution in [3.63, 3.8) is 0 Å². The molecule has 0 bridgehead atoms. The van der Waals surface area contributed by atoms with Crippen LogP contribution >= 0.6 is 0 Å². The Morgan fingerprint density at radius 3 is 2.15 bits per heavy atom. The minimum atomic E-state index is -4.87. The lowest BCUT2D eigenvalue weighted by Gasteiger charge is -2.50. The Bertz CT molecular complexity index is 1590. The number of aliphatic hydroxyl groups excluding tert-OH is 2. The number of aliphatic hydroxyl groups is 3. The highest BCUT2D eigenvalue weighted by atomic mass is 19.4. The van der Waals surface area contributed by atoms with Gasteiger partial charge < -0.3 is 26.2 Å². The lowest BCUT2D eigenvalue weighted by molar-refractivity contribution is -0.153. The number of halogens is 3. The molecule has 0 saturated heterocycles. The zero-order valence-corrected chi connectivity index (χ0v) is 27.3. The summed E-state index contributed by atoms with van der Waals surface area (Å²) in [6.07, 6.45) is 3.01. The summed E-state index contributed by atoms with van der Waals surface area (Å²) < 4.78 is 45.3. The lowest BCUT2D eigenvalue weighted by Crippen LogP contribution is -2.65. The van der Waals surface area contributed by atoms with E-state index in [1.807, 2.05) is 0 Å². The largest absolute Gasteiger partial charge is 0.508 e. The number of fused-ring (bicyclic) bond motifs is 3. The SMILES string of the molecule is CN(C)[C@@H]1C(=O)C(C(N)=O)=C(O)[C@@]2(O)C(=O)C3=C(O)c4c(O)cc(CN(CC5CCCCCC5)CC5CC5)c(C(F)(F)F)c4C[C@H]3C[C@@H]12. The molecule has 6 N–H and O–H groups in total. The molecule has 0 unspecified atom stereocenters. The smallest absolute Gasteiger partial charge is 0.417 e. The van der Waals surface area contributed by atoms with Crippen LogP contribution in [0.4, 0.5) is 13.2 Å². The van der Waals surface area contributed by atoms with Gasteiger partial charge in [-0.1, -0.05) is 25.7 Å². The van der Waals surface area contributed by atoms with E-state index in [0.717, 1.165) is 57.4 Å². The number of alkyl halides is 3. The van der Waals surface area contributed by atoms with Gasteiger partial charge in [0.15, 0.2) is 11.4 Å². The van der Waals surface area contributed by atoms with E-state index in [9.17, 15) is 34.8 Å². The number of aromatic hydroxyl groups is 1. The van der Waals surface area contributed by atoms with Crippen molar-refractivity contribution < 1.29 is 48.0 Å². The summed E-state index contributed by atoms with van der Waals surface area (Å²) in [6, 6.07) is -0.315. The lowest BCUT2D eigenvalue weighted by atomic mass is 9.57. The normalized spacial score (nSPS) is 28.5. The molecule has 13 heteroatoms. The van der Waals surface area contributed by atoms with Crippen LogP contribution in [0.3, 0.4) is 0 Å². The van der Waals surface area contributed by atoms with Crippen LogP contribution in [0.15, 0.2) is 23.0 Å². The molecule has 4 atom stereocenters. The third kappa shape index (κ3) is 5.81. The number of carbonyl (C=O) groups is 3. The van der Waals surface area contributed by atoms with Crippen LogP contribution < -0.4 is 5.73 Å². The molecule has 1 aromatic rings. The van der Waals surface area contributed by atoms with Crippen molar-refractivity contribution >= 4 is 23.2 Å². The summed E-state index contributed by atoms with van der Waals surface area (Å²) in [5, 5.41) is 45.5. The van der Waals surface area contributed by atoms with Gasteiger partial charge in [0, 0.05) is 31.1 Å². The topological polar surface area (TPSA) is 165 Å². The predicted octanol–water partition coefficient (Wildman–Crippen LogP) is 4.17. The highest BCUT2D eigenvalue weighted by Gasteiger charge is 2.64. The molecule has 48 heavy (non-hydrogen) atoms. The maximum absolute atomic E-state index is 15.1. The van der Waals surface area contributed by atoms with Crippen molar-refractivity contribution in [2.75, 3.05) is 27.2 Å². The van der Waals surface area contributed by atoms with Gasteiger partial charge in [0.2, 0.25) is 5.78 Å². The Morgan fingerprint density at radius 1 is 1.00 bits per heavy atom. The van der Waals surface area contributed by atoms with Crippen LogP contribution in [-0.2, 0) is 33.5 Å². The molecule has 0 aliphatic heterocycles. The van der Waals surface area contributed by atoms with Crippen LogP contribution in [0.2, 0.25) is 0 Å². The molecule has 0 spiro atoms. The first-order valence-electron chi connectivity index (χ1n) is 16.9. The van der Waals surface area contributed by atoms with Gasteiger partial charge in [0.25, 0.3) is 5.91 Å². The summed E-state index contributed by atoms with van der Waals surface area (Å²) in [6.45, 7) is 1.27. The number of primary amides is 1. The second-order valence-electron chi connectivity index (χ2n) is 14.7. The number of hydrogen-bond donors (Lipinski definition) is 5. The first kappa shape index (κ1) is 34.4. The van der Waals surface area contributed by atoms with Gasteiger partial charge in [-0.2, -0.15) is 13.2 Å². The van der Waals surface area contributed by atoms with Gasteiger partial charge in [-0.05, 0) is 87.6 Å². The van der Waals surface area contributed by atoms with Crippen molar-refractivity contribution in [1.82, 2.24) is 9.80 Å². The summed E-state index contributed by atoms with van der Waals surface area (Å²) in [5.41, 5.74) is -0.959. The summed E-state index contributed by atoms with van der Waals surface area (Å²) in [5.74, 6) is -8.08. The molecule has 1 aromatic carbocycles. The van der Waals surface area contributed by atoms with E-state index in [4.69, 9.17) is 5.73 Å². The number of likely N-dealkylation sites (N-methyl/N-ethyl adjacent to an activating group) is 1. The second kappa shape index (κ2) is 12.5. The highest BCUT2D eigenvalue weighted by Crippen LogP contribution is 2.54.